The van der Waals surface area contributed by atoms with Crippen LogP contribution in [0.5, 0.6) is 5.75 Å². The third-order valence-corrected chi connectivity index (χ3v) is 4.22. The molecule has 2 amide bonds. The van der Waals surface area contributed by atoms with Crippen molar-refractivity contribution in [1.29, 1.82) is 0 Å². The molecule has 0 bridgehead atoms. The average molecular weight is 314 g/mol. The first kappa shape index (κ1) is 15.4. The van der Waals surface area contributed by atoms with E-state index >= 15 is 0 Å². The monoisotopic (exact) mass is 314 g/mol. The van der Waals surface area contributed by atoms with Crippen LogP contribution >= 0.6 is 0 Å². The fraction of sp³-hybridized carbons (Fsp3) is 0.412. The molecule has 1 fully saturated rings. The summed E-state index contributed by atoms with van der Waals surface area (Å²) in [6.45, 7) is 1.95. The number of rotatable bonds is 5. The molecule has 0 saturated heterocycles. The second-order valence-corrected chi connectivity index (χ2v) is 5.86. The maximum atomic E-state index is 11.9. The summed E-state index contributed by atoms with van der Waals surface area (Å²) in [5, 5.41) is 10.3. The number of amides is 2. The molecule has 1 atom stereocenters. The van der Waals surface area contributed by atoms with Crippen LogP contribution in [-0.4, -0.2) is 29.0 Å². The molecular weight excluding hydrogens is 292 g/mol. The van der Waals surface area contributed by atoms with Gasteiger partial charge in [-0.3, -0.25) is 0 Å². The van der Waals surface area contributed by atoms with Gasteiger partial charge in [0.2, 0.25) is 0 Å². The molecule has 23 heavy (non-hydrogen) atoms. The van der Waals surface area contributed by atoms with Crippen LogP contribution < -0.4 is 15.4 Å². The zero-order valence-electron chi connectivity index (χ0n) is 13.5. The first-order valence-corrected chi connectivity index (χ1v) is 7.92. The van der Waals surface area contributed by atoms with Crippen molar-refractivity contribution in [2.24, 2.45) is 0 Å². The van der Waals surface area contributed by atoms with Gasteiger partial charge in [-0.25, -0.2) is 9.48 Å². The van der Waals surface area contributed by atoms with E-state index in [0.717, 1.165) is 29.8 Å². The summed E-state index contributed by atoms with van der Waals surface area (Å²) in [5.74, 6) is 0.755. The smallest absolute Gasteiger partial charge is 0.315 e. The van der Waals surface area contributed by atoms with E-state index in [4.69, 9.17) is 4.74 Å². The average Bonchev–Trinajstić information content (AvgIpc) is 3.01. The number of aromatic nitrogens is 2. The van der Waals surface area contributed by atoms with Gasteiger partial charge in [-0.05, 0) is 38.3 Å². The zero-order valence-corrected chi connectivity index (χ0v) is 13.5. The first-order valence-electron chi connectivity index (χ1n) is 7.92. The Bertz CT molecular complexity index is 679. The highest BCUT2D eigenvalue weighted by Gasteiger charge is 2.20. The summed E-state index contributed by atoms with van der Waals surface area (Å²) < 4.78 is 7.12. The number of para-hydroxylation sites is 2. The Labute approximate surface area is 135 Å². The van der Waals surface area contributed by atoms with Gasteiger partial charge in [-0.1, -0.05) is 12.1 Å². The topological polar surface area (TPSA) is 68.2 Å². The lowest BCUT2D eigenvalue weighted by Crippen LogP contribution is -2.45. The van der Waals surface area contributed by atoms with Crippen molar-refractivity contribution in [3.8, 4) is 11.4 Å². The van der Waals surface area contributed by atoms with Crippen LogP contribution in [0.2, 0.25) is 0 Å². The highest BCUT2D eigenvalue weighted by molar-refractivity contribution is 5.74. The van der Waals surface area contributed by atoms with Crippen molar-refractivity contribution in [1.82, 2.24) is 20.4 Å². The molecule has 1 aliphatic rings. The Balaban J connectivity index is 1.67. The molecule has 6 nitrogen and oxygen atoms in total. The molecule has 1 saturated carbocycles. The summed E-state index contributed by atoms with van der Waals surface area (Å²) in [7, 11) is 1.64. The first-order chi connectivity index (χ1) is 11.2. The van der Waals surface area contributed by atoms with Crippen LogP contribution in [0, 0.1) is 0 Å². The second-order valence-electron chi connectivity index (χ2n) is 5.86. The number of carbonyl (C=O) groups is 1. The molecule has 1 aromatic heterocycles. The van der Waals surface area contributed by atoms with Gasteiger partial charge in [0.25, 0.3) is 0 Å². The molecule has 1 heterocycles. The quantitative estimate of drug-likeness (QED) is 0.891. The molecule has 2 N–H and O–H groups in total. The lowest BCUT2D eigenvalue weighted by atomic mass is 9.93. The Morgan fingerprint density at radius 2 is 2.17 bits per heavy atom. The van der Waals surface area contributed by atoms with Gasteiger partial charge in [0.05, 0.1) is 19.3 Å². The van der Waals surface area contributed by atoms with Gasteiger partial charge in [0.15, 0.2) is 0 Å². The molecule has 1 aliphatic carbocycles. The predicted octanol–water partition coefficient (Wildman–Crippen LogP) is 2.79. The van der Waals surface area contributed by atoms with Crippen molar-refractivity contribution >= 4 is 6.03 Å². The summed E-state index contributed by atoms with van der Waals surface area (Å²) in [5.41, 5.74) is 1.81. The second kappa shape index (κ2) is 6.73. The number of benzene rings is 1. The lowest BCUT2D eigenvalue weighted by Gasteiger charge is -2.27. The van der Waals surface area contributed by atoms with E-state index in [0.29, 0.717) is 6.04 Å². The highest BCUT2D eigenvalue weighted by atomic mass is 16.5. The molecule has 3 rings (SSSR count). The standard InChI is InChI=1S/C17H22N4O2/c1-12(19-17(22)20-14-6-5-7-14)13-10-18-21(11-13)15-8-3-4-9-16(15)23-2/h3-4,8-12,14H,5-7H2,1-2H3,(H2,19,20,22). The SMILES string of the molecule is COc1ccccc1-n1cc(C(C)NC(=O)NC2CCC2)cn1. The van der Waals surface area contributed by atoms with Crippen molar-refractivity contribution in [3.63, 3.8) is 0 Å². The zero-order chi connectivity index (χ0) is 16.2. The van der Waals surface area contributed by atoms with Gasteiger partial charge in [-0.15, -0.1) is 0 Å². The number of nitrogens with one attached hydrogen (secondary N) is 2. The summed E-state index contributed by atoms with van der Waals surface area (Å²) in [6, 6.07) is 7.79. The Morgan fingerprint density at radius 3 is 2.87 bits per heavy atom. The molecule has 1 unspecified atom stereocenters. The fourth-order valence-corrected chi connectivity index (χ4v) is 2.57. The lowest BCUT2D eigenvalue weighted by molar-refractivity contribution is 0.225. The molecule has 6 heteroatoms. The predicted molar refractivity (Wildman–Crippen MR) is 87.8 cm³/mol. The largest absolute Gasteiger partial charge is 0.494 e. The number of hydrogen-bond donors (Lipinski definition) is 2. The van der Waals surface area contributed by atoms with E-state index in [-0.39, 0.29) is 12.1 Å². The maximum Gasteiger partial charge on any atom is 0.315 e. The van der Waals surface area contributed by atoms with Crippen LogP contribution in [0.15, 0.2) is 36.7 Å². The number of carbonyl (C=O) groups excluding carboxylic acids is 1. The highest BCUT2D eigenvalue weighted by Crippen LogP contribution is 2.23. The van der Waals surface area contributed by atoms with E-state index in [2.05, 4.69) is 15.7 Å². The van der Waals surface area contributed by atoms with Gasteiger partial charge < -0.3 is 15.4 Å². The molecule has 0 radical (unpaired) electrons. The van der Waals surface area contributed by atoms with Crippen molar-refractivity contribution in [2.45, 2.75) is 38.3 Å². The number of urea groups is 1. The number of methoxy groups -OCH3 is 1. The van der Waals surface area contributed by atoms with E-state index in [9.17, 15) is 4.79 Å². The number of nitrogens with zero attached hydrogens (tertiary/aromatic N) is 2. The van der Waals surface area contributed by atoms with E-state index < -0.39 is 0 Å². The van der Waals surface area contributed by atoms with Crippen molar-refractivity contribution in [3.05, 3.63) is 42.2 Å². The number of ether oxygens (including phenoxy) is 1. The van der Waals surface area contributed by atoms with E-state index in [1.54, 1.807) is 18.0 Å². The van der Waals surface area contributed by atoms with Crippen LogP contribution in [0.1, 0.15) is 37.8 Å². The normalized spacial score (nSPS) is 15.6. The molecule has 1 aromatic carbocycles. The van der Waals surface area contributed by atoms with Crippen molar-refractivity contribution in [2.75, 3.05) is 7.11 Å². The van der Waals surface area contributed by atoms with Gasteiger partial charge in [-0.2, -0.15) is 5.10 Å². The Hall–Kier alpha value is -2.50. The molecule has 2 aromatic rings. The number of hydrogen-bond acceptors (Lipinski definition) is 3. The van der Waals surface area contributed by atoms with Crippen LogP contribution in [-0.2, 0) is 0 Å². The van der Waals surface area contributed by atoms with Crippen molar-refractivity contribution < 1.29 is 9.53 Å². The molecule has 122 valence electrons. The van der Waals surface area contributed by atoms with Crippen LogP contribution in [0.25, 0.3) is 5.69 Å². The van der Waals surface area contributed by atoms with Gasteiger partial charge in [0.1, 0.15) is 11.4 Å². The fourth-order valence-electron chi connectivity index (χ4n) is 2.57. The Morgan fingerprint density at radius 1 is 1.39 bits per heavy atom. The van der Waals surface area contributed by atoms with Gasteiger partial charge in [0, 0.05) is 17.8 Å². The summed E-state index contributed by atoms with van der Waals surface area (Å²) in [4.78, 5) is 11.9. The Kier molecular flexibility index (Phi) is 4.50. The summed E-state index contributed by atoms with van der Waals surface area (Å²) in [6.07, 6.45) is 7.03. The summed E-state index contributed by atoms with van der Waals surface area (Å²) >= 11 is 0. The minimum Gasteiger partial charge on any atom is -0.494 e. The third kappa shape index (κ3) is 3.47. The van der Waals surface area contributed by atoms with E-state index in [1.165, 1.54) is 6.42 Å². The van der Waals surface area contributed by atoms with Gasteiger partial charge >= 0.3 is 6.03 Å². The third-order valence-electron chi connectivity index (χ3n) is 4.22. The van der Waals surface area contributed by atoms with E-state index in [1.807, 2.05) is 37.4 Å². The minimum absolute atomic E-state index is 0.112. The van der Waals surface area contributed by atoms with Crippen LogP contribution in [0.3, 0.4) is 0 Å². The molecular formula is C17H22N4O2. The van der Waals surface area contributed by atoms with Crippen LogP contribution in [0.4, 0.5) is 4.79 Å². The maximum absolute atomic E-state index is 11.9. The molecule has 0 spiro atoms. The minimum atomic E-state index is -0.118. The molecule has 0 aliphatic heterocycles.